The van der Waals surface area contributed by atoms with Gasteiger partial charge in [0.05, 0.1) is 13.2 Å². The number of nitrogens with zero attached hydrogens (tertiary/aromatic N) is 1. The number of esters is 1. The Kier molecular flexibility index (Phi) is 3.52. The van der Waals surface area contributed by atoms with Crippen LogP contribution in [0, 0.1) is 0 Å². The maximum Gasteiger partial charge on any atom is 0.354 e. The van der Waals surface area contributed by atoms with E-state index in [0.29, 0.717) is 18.8 Å². The Hall–Kier alpha value is -1.29. The van der Waals surface area contributed by atoms with E-state index in [1.54, 1.807) is 29.8 Å². The minimum Gasteiger partial charge on any atom is -0.461 e. The van der Waals surface area contributed by atoms with Crippen molar-refractivity contribution in [2.24, 2.45) is 0 Å². The molecule has 0 amide bonds. The van der Waals surface area contributed by atoms with Gasteiger partial charge in [-0.3, -0.25) is 0 Å². The maximum absolute atomic E-state index is 11.3. The third kappa shape index (κ3) is 2.32. The number of aromatic nitrogens is 1. The second-order valence-electron chi connectivity index (χ2n) is 2.53. The standard InChI is InChI=1S/C9H13NO3/c1-2-13-9(12)8-4-3-5-10(8)6-7-11/h3-5,11H,2,6-7H2,1H3. The van der Waals surface area contributed by atoms with Gasteiger partial charge in [-0.05, 0) is 19.1 Å². The molecule has 0 bridgehead atoms. The first kappa shape index (κ1) is 9.80. The van der Waals surface area contributed by atoms with Crippen LogP contribution in [0.2, 0.25) is 0 Å². The molecule has 1 heterocycles. The van der Waals surface area contributed by atoms with Gasteiger partial charge in [0.15, 0.2) is 0 Å². The first-order chi connectivity index (χ1) is 6.29. The summed E-state index contributed by atoms with van der Waals surface area (Å²) in [6.07, 6.45) is 1.74. The first-order valence-electron chi connectivity index (χ1n) is 4.22. The van der Waals surface area contributed by atoms with E-state index in [1.165, 1.54) is 0 Å². The molecule has 0 atom stereocenters. The number of ether oxygens (including phenoxy) is 1. The Balaban J connectivity index is 2.74. The molecule has 0 unspecified atom stereocenters. The van der Waals surface area contributed by atoms with Crippen molar-refractivity contribution in [3.05, 3.63) is 24.0 Å². The number of carbonyl (C=O) groups is 1. The molecule has 0 aromatic carbocycles. The molecule has 4 nitrogen and oxygen atoms in total. The summed E-state index contributed by atoms with van der Waals surface area (Å²) in [5.41, 5.74) is 0.482. The van der Waals surface area contributed by atoms with Crippen molar-refractivity contribution >= 4 is 5.97 Å². The predicted molar refractivity (Wildman–Crippen MR) is 47.5 cm³/mol. The van der Waals surface area contributed by atoms with Gasteiger partial charge < -0.3 is 14.4 Å². The van der Waals surface area contributed by atoms with Crippen LogP contribution in [0.5, 0.6) is 0 Å². The molecule has 0 spiro atoms. The summed E-state index contributed by atoms with van der Waals surface area (Å²) in [5, 5.41) is 8.70. The van der Waals surface area contributed by atoms with Gasteiger partial charge in [-0.1, -0.05) is 0 Å². The second kappa shape index (κ2) is 4.67. The highest BCUT2D eigenvalue weighted by Gasteiger charge is 2.10. The summed E-state index contributed by atoms with van der Waals surface area (Å²) in [5.74, 6) is -0.346. The van der Waals surface area contributed by atoms with E-state index >= 15 is 0 Å². The Morgan fingerprint density at radius 1 is 1.69 bits per heavy atom. The Bertz CT molecular complexity index is 280. The van der Waals surface area contributed by atoms with Gasteiger partial charge in [0.2, 0.25) is 0 Å². The highest BCUT2D eigenvalue weighted by Crippen LogP contribution is 2.03. The van der Waals surface area contributed by atoms with E-state index in [1.807, 2.05) is 0 Å². The molecule has 1 aromatic heterocycles. The van der Waals surface area contributed by atoms with Crippen LogP contribution in [0.4, 0.5) is 0 Å². The normalized spacial score (nSPS) is 10.0. The van der Waals surface area contributed by atoms with Gasteiger partial charge in [-0.25, -0.2) is 4.79 Å². The van der Waals surface area contributed by atoms with E-state index in [9.17, 15) is 4.79 Å². The van der Waals surface area contributed by atoms with E-state index in [4.69, 9.17) is 9.84 Å². The minimum absolute atomic E-state index is 0.0150. The summed E-state index contributed by atoms with van der Waals surface area (Å²) in [6.45, 7) is 2.56. The fraction of sp³-hybridized carbons (Fsp3) is 0.444. The molecule has 72 valence electrons. The van der Waals surface area contributed by atoms with Crippen molar-refractivity contribution in [2.45, 2.75) is 13.5 Å². The molecule has 0 aliphatic carbocycles. The highest BCUT2D eigenvalue weighted by atomic mass is 16.5. The lowest BCUT2D eigenvalue weighted by atomic mass is 10.4. The summed E-state index contributed by atoms with van der Waals surface area (Å²) < 4.78 is 6.50. The van der Waals surface area contributed by atoms with Gasteiger partial charge >= 0.3 is 5.97 Å². The van der Waals surface area contributed by atoms with Crippen molar-refractivity contribution in [1.29, 1.82) is 0 Å². The number of hydrogen-bond acceptors (Lipinski definition) is 3. The summed E-state index contributed by atoms with van der Waals surface area (Å²) in [6, 6.07) is 3.43. The third-order valence-electron chi connectivity index (χ3n) is 1.66. The van der Waals surface area contributed by atoms with Gasteiger partial charge in [0.25, 0.3) is 0 Å². The highest BCUT2D eigenvalue weighted by molar-refractivity contribution is 5.87. The van der Waals surface area contributed by atoms with Crippen LogP contribution in [-0.4, -0.2) is 28.9 Å². The average molecular weight is 183 g/mol. The number of rotatable bonds is 4. The van der Waals surface area contributed by atoms with Gasteiger partial charge in [0.1, 0.15) is 5.69 Å². The smallest absolute Gasteiger partial charge is 0.354 e. The third-order valence-corrected chi connectivity index (χ3v) is 1.66. The molecule has 1 N–H and O–H groups in total. The number of aliphatic hydroxyl groups excluding tert-OH is 1. The molecule has 1 rings (SSSR count). The fourth-order valence-electron chi connectivity index (χ4n) is 1.11. The molecule has 4 heteroatoms. The van der Waals surface area contributed by atoms with Crippen molar-refractivity contribution in [3.63, 3.8) is 0 Å². The largest absolute Gasteiger partial charge is 0.461 e. The second-order valence-corrected chi connectivity index (χ2v) is 2.53. The maximum atomic E-state index is 11.3. The SMILES string of the molecule is CCOC(=O)c1cccn1CCO. The lowest BCUT2D eigenvalue weighted by molar-refractivity contribution is 0.0512. The van der Waals surface area contributed by atoms with Gasteiger partial charge in [-0.2, -0.15) is 0 Å². The predicted octanol–water partition coefficient (Wildman–Crippen LogP) is 0.657. The zero-order valence-electron chi connectivity index (χ0n) is 7.56. The van der Waals surface area contributed by atoms with Crippen LogP contribution < -0.4 is 0 Å². The molecule has 0 aliphatic rings. The zero-order chi connectivity index (χ0) is 9.68. The number of hydrogen-bond donors (Lipinski definition) is 1. The van der Waals surface area contributed by atoms with Crippen molar-refractivity contribution in [1.82, 2.24) is 4.57 Å². The van der Waals surface area contributed by atoms with Crippen LogP contribution in [0.25, 0.3) is 0 Å². The Morgan fingerprint density at radius 3 is 3.08 bits per heavy atom. The first-order valence-corrected chi connectivity index (χ1v) is 4.22. The molecular formula is C9H13NO3. The monoisotopic (exact) mass is 183 g/mol. The topological polar surface area (TPSA) is 51.5 Å². The quantitative estimate of drug-likeness (QED) is 0.697. The van der Waals surface area contributed by atoms with Crippen LogP contribution in [0.15, 0.2) is 18.3 Å². The molecular weight excluding hydrogens is 170 g/mol. The van der Waals surface area contributed by atoms with Crippen LogP contribution >= 0.6 is 0 Å². The molecule has 0 aliphatic heterocycles. The lowest BCUT2D eigenvalue weighted by Gasteiger charge is -2.05. The number of carbonyl (C=O) groups excluding carboxylic acids is 1. The van der Waals surface area contributed by atoms with Crippen molar-refractivity contribution in [3.8, 4) is 0 Å². The minimum atomic E-state index is -0.346. The molecule has 0 saturated heterocycles. The van der Waals surface area contributed by atoms with E-state index in [0.717, 1.165) is 0 Å². The van der Waals surface area contributed by atoms with Gasteiger partial charge in [0, 0.05) is 12.7 Å². The van der Waals surface area contributed by atoms with Crippen LogP contribution in [0.3, 0.4) is 0 Å². The summed E-state index contributed by atoms with van der Waals surface area (Å²) in [4.78, 5) is 11.3. The Labute approximate surface area is 76.7 Å². The Morgan fingerprint density at radius 2 is 2.46 bits per heavy atom. The molecule has 0 saturated carbocycles. The summed E-state index contributed by atoms with van der Waals surface area (Å²) >= 11 is 0. The van der Waals surface area contributed by atoms with E-state index < -0.39 is 0 Å². The molecule has 1 aromatic rings. The van der Waals surface area contributed by atoms with Crippen molar-refractivity contribution in [2.75, 3.05) is 13.2 Å². The van der Waals surface area contributed by atoms with E-state index in [2.05, 4.69) is 0 Å². The molecule has 13 heavy (non-hydrogen) atoms. The zero-order valence-corrected chi connectivity index (χ0v) is 7.56. The van der Waals surface area contributed by atoms with Crippen molar-refractivity contribution < 1.29 is 14.6 Å². The van der Waals surface area contributed by atoms with Crippen LogP contribution in [-0.2, 0) is 11.3 Å². The fourth-order valence-corrected chi connectivity index (χ4v) is 1.11. The van der Waals surface area contributed by atoms with Gasteiger partial charge in [-0.15, -0.1) is 0 Å². The summed E-state index contributed by atoms with van der Waals surface area (Å²) in [7, 11) is 0. The van der Waals surface area contributed by atoms with E-state index in [-0.39, 0.29) is 12.6 Å². The lowest BCUT2D eigenvalue weighted by Crippen LogP contribution is -2.13. The molecule has 0 fully saturated rings. The van der Waals surface area contributed by atoms with Crippen LogP contribution in [0.1, 0.15) is 17.4 Å². The number of aliphatic hydroxyl groups is 1. The molecule has 0 radical (unpaired) electrons. The average Bonchev–Trinajstić information content (AvgIpc) is 2.54.